The minimum atomic E-state index is -3.92. The van der Waals surface area contributed by atoms with E-state index < -0.39 is 10.0 Å². The van der Waals surface area contributed by atoms with Crippen LogP contribution in [0, 0.1) is 6.92 Å². The number of hydrogen-bond acceptors (Lipinski definition) is 3. The van der Waals surface area contributed by atoms with Crippen LogP contribution in [0.15, 0.2) is 95.9 Å². The van der Waals surface area contributed by atoms with Gasteiger partial charge >= 0.3 is 0 Å². The molecule has 0 N–H and O–H groups in total. The molecule has 0 fully saturated rings. The lowest BCUT2D eigenvalue weighted by molar-refractivity contribution is 0.590. The highest BCUT2D eigenvalue weighted by Gasteiger charge is 2.29. The third-order valence-corrected chi connectivity index (χ3v) is 8.97. The van der Waals surface area contributed by atoms with Crippen molar-refractivity contribution in [1.82, 2.24) is 8.96 Å². The zero-order valence-electron chi connectivity index (χ0n) is 21.2. The Morgan fingerprint density at radius 1 is 0.757 bits per heavy atom. The molecule has 0 amide bonds. The first-order valence-electron chi connectivity index (χ1n) is 12.7. The molecule has 0 radical (unpaired) electrons. The van der Waals surface area contributed by atoms with Gasteiger partial charge < -0.3 is 0 Å². The summed E-state index contributed by atoms with van der Waals surface area (Å²) in [5.41, 5.74) is 7.11. The van der Waals surface area contributed by atoms with E-state index >= 15 is 0 Å². The number of benzene rings is 4. The molecular weight excluding hydrogens is 476 g/mol. The lowest BCUT2D eigenvalue weighted by Crippen LogP contribution is -2.14. The van der Waals surface area contributed by atoms with Crippen LogP contribution in [0.4, 0.5) is 0 Å². The molecule has 2 aromatic heterocycles. The highest BCUT2D eigenvalue weighted by atomic mass is 32.2. The standard InChI is InChI=1S/C32H28N2O2S/c1-4-24-28(5-2)33-31-27-14-8-9-16-29(27)34(37(35,36)23-19-17-21(3)18-20-23)32(31)30(24)26-15-10-12-22-11-6-7-13-25(22)26/h6-20H,4-5H2,1-3H3. The van der Waals surface area contributed by atoms with Crippen LogP contribution in [0.2, 0.25) is 0 Å². The Labute approximate surface area is 217 Å². The Morgan fingerprint density at radius 3 is 2.16 bits per heavy atom. The average Bonchev–Trinajstić information content (AvgIpc) is 3.26. The molecule has 6 aromatic rings. The van der Waals surface area contributed by atoms with E-state index in [1.807, 2.05) is 55.5 Å². The maximum Gasteiger partial charge on any atom is 0.268 e. The molecule has 0 aliphatic heterocycles. The number of para-hydroxylation sites is 1. The maximum atomic E-state index is 14.4. The fourth-order valence-corrected chi connectivity index (χ4v) is 7.02. The number of pyridine rings is 1. The Kier molecular flexibility index (Phi) is 5.61. The summed E-state index contributed by atoms with van der Waals surface area (Å²) in [7, 11) is -3.92. The van der Waals surface area contributed by atoms with E-state index in [4.69, 9.17) is 4.98 Å². The maximum absolute atomic E-state index is 14.4. The Morgan fingerprint density at radius 2 is 1.43 bits per heavy atom. The third-order valence-electron chi connectivity index (χ3n) is 7.25. The lowest BCUT2D eigenvalue weighted by Gasteiger charge is -2.18. The van der Waals surface area contributed by atoms with Crippen molar-refractivity contribution in [1.29, 1.82) is 0 Å². The van der Waals surface area contributed by atoms with E-state index in [2.05, 4.69) is 44.2 Å². The van der Waals surface area contributed by atoms with Crippen LogP contribution in [-0.2, 0) is 22.9 Å². The summed E-state index contributed by atoms with van der Waals surface area (Å²) in [5, 5.41) is 3.06. The van der Waals surface area contributed by atoms with Crippen molar-refractivity contribution >= 4 is 42.7 Å². The van der Waals surface area contributed by atoms with E-state index in [9.17, 15) is 8.42 Å². The molecule has 37 heavy (non-hydrogen) atoms. The van der Waals surface area contributed by atoms with Gasteiger partial charge in [0.1, 0.15) is 0 Å². The smallest absolute Gasteiger partial charge is 0.250 e. The molecular formula is C32H28N2O2S. The van der Waals surface area contributed by atoms with E-state index in [1.54, 1.807) is 12.1 Å². The van der Waals surface area contributed by atoms with E-state index in [-0.39, 0.29) is 4.90 Å². The molecule has 184 valence electrons. The highest BCUT2D eigenvalue weighted by Crippen LogP contribution is 2.42. The normalized spacial score (nSPS) is 12.1. The lowest BCUT2D eigenvalue weighted by atomic mass is 9.91. The molecule has 0 spiro atoms. The topological polar surface area (TPSA) is 52.0 Å². The van der Waals surface area contributed by atoms with Crippen LogP contribution in [0.25, 0.3) is 43.8 Å². The first-order valence-corrected chi connectivity index (χ1v) is 14.1. The zero-order valence-corrected chi connectivity index (χ0v) is 22.0. The molecule has 0 saturated carbocycles. The van der Waals surface area contributed by atoms with Gasteiger partial charge in [-0.25, -0.2) is 12.4 Å². The van der Waals surface area contributed by atoms with Gasteiger partial charge in [-0.1, -0.05) is 92.2 Å². The molecule has 6 rings (SSSR count). The van der Waals surface area contributed by atoms with Gasteiger partial charge in [0.15, 0.2) is 0 Å². The zero-order chi connectivity index (χ0) is 25.7. The molecule has 0 saturated heterocycles. The van der Waals surface area contributed by atoms with Gasteiger partial charge in [0.25, 0.3) is 10.0 Å². The molecule has 0 aliphatic carbocycles. The van der Waals surface area contributed by atoms with Gasteiger partial charge in [-0.05, 0) is 59.9 Å². The summed E-state index contributed by atoms with van der Waals surface area (Å²) in [6.07, 6.45) is 1.51. The number of fused-ring (bicyclic) bond motifs is 4. The summed E-state index contributed by atoms with van der Waals surface area (Å²) in [6, 6.07) is 29.3. The van der Waals surface area contributed by atoms with Crippen LogP contribution < -0.4 is 0 Å². The number of aryl methyl sites for hydroxylation is 2. The number of hydrogen-bond donors (Lipinski definition) is 0. The van der Waals surface area contributed by atoms with Crippen molar-refractivity contribution in [3.8, 4) is 11.1 Å². The van der Waals surface area contributed by atoms with Crippen molar-refractivity contribution in [2.24, 2.45) is 0 Å². The van der Waals surface area contributed by atoms with E-state index in [0.717, 1.165) is 62.5 Å². The minimum absolute atomic E-state index is 0.266. The van der Waals surface area contributed by atoms with Crippen molar-refractivity contribution < 1.29 is 8.42 Å². The number of rotatable bonds is 5. The first-order chi connectivity index (χ1) is 18.0. The molecule has 0 unspecified atom stereocenters. The van der Waals surface area contributed by atoms with Gasteiger partial charge in [0, 0.05) is 16.6 Å². The second kappa shape index (κ2) is 8.86. The van der Waals surface area contributed by atoms with Crippen molar-refractivity contribution in [2.75, 3.05) is 0 Å². The largest absolute Gasteiger partial charge is 0.268 e. The molecule has 4 aromatic carbocycles. The predicted octanol–water partition coefficient (Wildman–Crippen LogP) is 7.68. The SMILES string of the molecule is CCc1nc2c3ccccc3n(S(=O)(=O)c3ccc(C)cc3)c2c(-c2cccc3ccccc23)c1CC. The molecule has 0 bridgehead atoms. The second-order valence-corrected chi connectivity index (χ2v) is 11.2. The van der Waals surface area contributed by atoms with E-state index in [1.165, 1.54) is 3.97 Å². The second-order valence-electron chi connectivity index (χ2n) is 9.44. The van der Waals surface area contributed by atoms with Crippen molar-refractivity contribution in [3.05, 3.63) is 108 Å². The Bertz CT molecular complexity index is 1910. The molecule has 4 nitrogen and oxygen atoms in total. The van der Waals surface area contributed by atoms with Crippen molar-refractivity contribution in [2.45, 2.75) is 38.5 Å². The summed E-state index contributed by atoms with van der Waals surface area (Å²) < 4.78 is 30.3. The van der Waals surface area contributed by atoms with Gasteiger partial charge in [0.2, 0.25) is 0 Å². The fraction of sp³-hybridized carbons (Fsp3) is 0.156. The van der Waals surface area contributed by atoms with Crippen LogP contribution in [0.3, 0.4) is 0 Å². The van der Waals surface area contributed by atoms with Crippen LogP contribution in [-0.4, -0.2) is 17.4 Å². The third kappa shape index (κ3) is 3.57. The molecule has 0 aliphatic rings. The summed E-state index contributed by atoms with van der Waals surface area (Å²) in [6.45, 7) is 6.19. The summed E-state index contributed by atoms with van der Waals surface area (Å²) >= 11 is 0. The van der Waals surface area contributed by atoms with Gasteiger partial charge in [-0.15, -0.1) is 0 Å². The number of nitrogens with zero attached hydrogens (tertiary/aromatic N) is 2. The average molecular weight is 505 g/mol. The summed E-state index contributed by atoms with van der Waals surface area (Å²) in [4.78, 5) is 5.38. The molecule has 5 heteroatoms. The number of aromatic nitrogens is 2. The summed E-state index contributed by atoms with van der Waals surface area (Å²) in [5.74, 6) is 0. The fourth-order valence-electron chi connectivity index (χ4n) is 5.49. The highest BCUT2D eigenvalue weighted by molar-refractivity contribution is 7.90. The van der Waals surface area contributed by atoms with Crippen molar-refractivity contribution in [3.63, 3.8) is 0 Å². The van der Waals surface area contributed by atoms with Gasteiger partial charge in [-0.3, -0.25) is 4.98 Å². The van der Waals surface area contributed by atoms with Crippen LogP contribution in [0.5, 0.6) is 0 Å². The quantitative estimate of drug-likeness (QED) is 0.242. The minimum Gasteiger partial charge on any atom is -0.250 e. The molecule has 0 atom stereocenters. The monoisotopic (exact) mass is 504 g/mol. The first kappa shape index (κ1) is 23.4. The van der Waals surface area contributed by atoms with Gasteiger partial charge in [0.05, 0.1) is 21.4 Å². The van der Waals surface area contributed by atoms with Gasteiger partial charge in [-0.2, -0.15) is 0 Å². The Hall–Kier alpha value is -3.96. The Balaban J connectivity index is 1.87. The van der Waals surface area contributed by atoms with Crippen LogP contribution in [0.1, 0.15) is 30.7 Å². The molecule has 2 heterocycles. The van der Waals surface area contributed by atoms with E-state index in [0.29, 0.717) is 11.0 Å². The predicted molar refractivity (Wildman–Crippen MR) is 153 cm³/mol. The van der Waals surface area contributed by atoms with Crippen LogP contribution >= 0.6 is 0 Å².